The van der Waals surface area contributed by atoms with Crippen molar-refractivity contribution < 1.29 is 9.84 Å². The standard InChI is InChI=1S/C14H30N2O2/c1-3-10-18-14-6-5-8-16(12-14)11-13(7-9-17)15-4-2/h13-15,17H,3-12H2,1-2H3. The summed E-state index contributed by atoms with van der Waals surface area (Å²) < 4.78 is 5.85. The van der Waals surface area contributed by atoms with Gasteiger partial charge in [0.05, 0.1) is 6.10 Å². The quantitative estimate of drug-likeness (QED) is 0.653. The third kappa shape index (κ3) is 6.14. The van der Waals surface area contributed by atoms with Gasteiger partial charge < -0.3 is 15.2 Å². The minimum Gasteiger partial charge on any atom is -0.396 e. The molecule has 1 aliphatic rings. The summed E-state index contributed by atoms with van der Waals surface area (Å²) in [6, 6.07) is 0.407. The number of hydrogen-bond acceptors (Lipinski definition) is 4. The molecule has 0 amide bonds. The summed E-state index contributed by atoms with van der Waals surface area (Å²) >= 11 is 0. The molecule has 1 rings (SSSR count). The maximum absolute atomic E-state index is 9.08. The van der Waals surface area contributed by atoms with E-state index in [1.807, 2.05) is 0 Å². The topological polar surface area (TPSA) is 44.7 Å². The summed E-state index contributed by atoms with van der Waals surface area (Å²) in [5.74, 6) is 0. The highest BCUT2D eigenvalue weighted by Crippen LogP contribution is 2.14. The molecule has 0 bridgehead atoms. The Morgan fingerprint density at radius 3 is 2.94 bits per heavy atom. The molecule has 2 unspecified atom stereocenters. The van der Waals surface area contributed by atoms with Crippen LogP contribution < -0.4 is 5.32 Å². The minimum absolute atomic E-state index is 0.265. The number of likely N-dealkylation sites (N-methyl/N-ethyl adjacent to an activating group) is 1. The van der Waals surface area contributed by atoms with Gasteiger partial charge in [0.2, 0.25) is 0 Å². The van der Waals surface area contributed by atoms with E-state index in [0.29, 0.717) is 12.1 Å². The Hall–Kier alpha value is -0.160. The number of ether oxygens (including phenoxy) is 1. The number of aliphatic hydroxyl groups excluding tert-OH is 1. The molecule has 1 heterocycles. The second-order valence-corrected chi connectivity index (χ2v) is 5.16. The average Bonchev–Trinajstić information content (AvgIpc) is 2.37. The van der Waals surface area contributed by atoms with Crippen molar-refractivity contribution in [3.8, 4) is 0 Å². The minimum atomic E-state index is 0.265. The van der Waals surface area contributed by atoms with E-state index >= 15 is 0 Å². The van der Waals surface area contributed by atoms with Crippen LogP contribution in [0.3, 0.4) is 0 Å². The van der Waals surface area contributed by atoms with Crippen molar-refractivity contribution in [1.82, 2.24) is 10.2 Å². The first-order valence-corrected chi connectivity index (χ1v) is 7.48. The summed E-state index contributed by atoms with van der Waals surface area (Å²) in [6.07, 6.45) is 4.77. The Labute approximate surface area is 112 Å². The van der Waals surface area contributed by atoms with Gasteiger partial charge in [0, 0.05) is 32.3 Å². The van der Waals surface area contributed by atoms with Crippen LogP contribution in [0.15, 0.2) is 0 Å². The van der Waals surface area contributed by atoms with Crippen molar-refractivity contribution in [3.63, 3.8) is 0 Å². The van der Waals surface area contributed by atoms with Gasteiger partial charge in [-0.05, 0) is 38.8 Å². The molecule has 0 spiro atoms. The molecule has 0 aromatic carbocycles. The highest BCUT2D eigenvalue weighted by Gasteiger charge is 2.22. The zero-order valence-corrected chi connectivity index (χ0v) is 12.0. The van der Waals surface area contributed by atoms with Gasteiger partial charge in [-0.15, -0.1) is 0 Å². The second-order valence-electron chi connectivity index (χ2n) is 5.16. The molecular formula is C14H30N2O2. The number of likely N-dealkylation sites (tertiary alicyclic amines) is 1. The number of hydrogen-bond donors (Lipinski definition) is 2. The summed E-state index contributed by atoms with van der Waals surface area (Å²) in [7, 11) is 0. The lowest BCUT2D eigenvalue weighted by atomic mass is 10.1. The van der Waals surface area contributed by atoms with Crippen LogP contribution >= 0.6 is 0 Å². The van der Waals surface area contributed by atoms with Gasteiger partial charge in [-0.25, -0.2) is 0 Å². The largest absolute Gasteiger partial charge is 0.396 e. The van der Waals surface area contributed by atoms with E-state index in [-0.39, 0.29) is 6.61 Å². The lowest BCUT2D eigenvalue weighted by Gasteiger charge is -2.35. The Morgan fingerprint density at radius 2 is 2.28 bits per heavy atom. The van der Waals surface area contributed by atoms with Crippen LogP contribution in [0.2, 0.25) is 0 Å². The van der Waals surface area contributed by atoms with Crippen molar-refractivity contribution >= 4 is 0 Å². The highest BCUT2D eigenvalue weighted by atomic mass is 16.5. The Balaban J connectivity index is 2.30. The van der Waals surface area contributed by atoms with Crippen molar-refractivity contribution in [2.24, 2.45) is 0 Å². The fraction of sp³-hybridized carbons (Fsp3) is 1.00. The first-order chi connectivity index (χ1) is 8.80. The lowest BCUT2D eigenvalue weighted by molar-refractivity contribution is -0.00277. The molecular weight excluding hydrogens is 228 g/mol. The van der Waals surface area contributed by atoms with Gasteiger partial charge >= 0.3 is 0 Å². The van der Waals surface area contributed by atoms with E-state index in [4.69, 9.17) is 9.84 Å². The smallest absolute Gasteiger partial charge is 0.0702 e. The molecule has 1 fully saturated rings. The van der Waals surface area contributed by atoms with Crippen molar-refractivity contribution in [1.29, 1.82) is 0 Å². The molecule has 1 saturated heterocycles. The van der Waals surface area contributed by atoms with Crippen LogP contribution in [0.1, 0.15) is 39.5 Å². The number of rotatable bonds is 9. The van der Waals surface area contributed by atoms with E-state index in [9.17, 15) is 0 Å². The summed E-state index contributed by atoms with van der Waals surface area (Å²) in [4.78, 5) is 2.48. The molecule has 0 saturated carbocycles. The molecule has 0 aliphatic carbocycles. The zero-order chi connectivity index (χ0) is 13.2. The number of aliphatic hydroxyl groups is 1. The molecule has 0 radical (unpaired) electrons. The lowest BCUT2D eigenvalue weighted by Crippen LogP contribution is -2.47. The third-order valence-corrected chi connectivity index (χ3v) is 3.47. The van der Waals surface area contributed by atoms with Crippen LogP contribution in [0.5, 0.6) is 0 Å². The van der Waals surface area contributed by atoms with Crippen LogP contribution in [-0.4, -0.2) is 61.5 Å². The monoisotopic (exact) mass is 258 g/mol. The highest BCUT2D eigenvalue weighted by molar-refractivity contribution is 4.78. The molecule has 4 nitrogen and oxygen atoms in total. The molecule has 0 aromatic rings. The van der Waals surface area contributed by atoms with E-state index in [2.05, 4.69) is 24.1 Å². The third-order valence-electron chi connectivity index (χ3n) is 3.47. The molecule has 108 valence electrons. The average molecular weight is 258 g/mol. The van der Waals surface area contributed by atoms with E-state index in [1.54, 1.807) is 0 Å². The van der Waals surface area contributed by atoms with Gasteiger partial charge in [0.25, 0.3) is 0 Å². The fourth-order valence-corrected chi connectivity index (χ4v) is 2.61. The maximum atomic E-state index is 9.08. The first-order valence-electron chi connectivity index (χ1n) is 7.48. The van der Waals surface area contributed by atoms with E-state index in [1.165, 1.54) is 19.4 Å². The van der Waals surface area contributed by atoms with Crippen molar-refractivity contribution in [2.75, 3.05) is 39.4 Å². The normalized spacial score (nSPS) is 23.2. The predicted octanol–water partition coefficient (Wildman–Crippen LogP) is 1.24. The van der Waals surface area contributed by atoms with Gasteiger partial charge in [-0.1, -0.05) is 13.8 Å². The Morgan fingerprint density at radius 1 is 1.44 bits per heavy atom. The number of piperidine rings is 1. The van der Waals surface area contributed by atoms with Crippen LogP contribution in [0.4, 0.5) is 0 Å². The number of nitrogens with zero attached hydrogens (tertiary/aromatic N) is 1. The van der Waals surface area contributed by atoms with Gasteiger partial charge in [-0.2, -0.15) is 0 Å². The first kappa shape index (κ1) is 15.9. The molecule has 4 heteroatoms. The molecule has 18 heavy (non-hydrogen) atoms. The molecule has 2 atom stereocenters. The summed E-state index contributed by atoms with van der Waals surface area (Å²) in [6.45, 7) is 9.63. The van der Waals surface area contributed by atoms with Gasteiger partial charge in [0.1, 0.15) is 0 Å². The predicted molar refractivity (Wildman–Crippen MR) is 74.9 cm³/mol. The van der Waals surface area contributed by atoms with E-state index in [0.717, 1.165) is 39.1 Å². The molecule has 0 aromatic heterocycles. The fourth-order valence-electron chi connectivity index (χ4n) is 2.61. The number of nitrogens with one attached hydrogen (secondary N) is 1. The maximum Gasteiger partial charge on any atom is 0.0702 e. The van der Waals surface area contributed by atoms with Crippen LogP contribution in [-0.2, 0) is 4.74 Å². The van der Waals surface area contributed by atoms with Crippen molar-refractivity contribution in [3.05, 3.63) is 0 Å². The zero-order valence-electron chi connectivity index (χ0n) is 12.0. The van der Waals surface area contributed by atoms with Crippen LogP contribution in [0.25, 0.3) is 0 Å². The van der Waals surface area contributed by atoms with E-state index < -0.39 is 0 Å². The molecule has 2 N–H and O–H groups in total. The SMILES string of the molecule is CCCOC1CCCN(CC(CCO)NCC)C1. The Kier molecular flexibility index (Phi) is 8.59. The van der Waals surface area contributed by atoms with Gasteiger partial charge in [0.15, 0.2) is 0 Å². The molecule has 1 aliphatic heterocycles. The summed E-state index contributed by atoms with van der Waals surface area (Å²) in [5.41, 5.74) is 0. The van der Waals surface area contributed by atoms with Crippen LogP contribution in [0, 0.1) is 0 Å². The van der Waals surface area contributed by atoms with Crippen molar-refractivity contribution in [2.45, 2.75) is 51.7 Å². The Bertz CT molecular complexity index is 196. The van der Waals surface area contributed by atoms with Gasteiger partial charge in [-0.3, -0.25) is 4.90 Å². The second kappa shape index (κ2) is 9.73. The summed E-state index contributed by atoms with van der Waals surface area (Å²) in [5, 5.41) is 12.5.